The monoisotopic (exact) mass is 1570 g/mol. The molecule has 11 nitrogen and oxygen atoms in total. The van der Waals surface area contributed by atoms with Crippen molar-refractivity contribution in [3.63, 3.8) is 0 Å². The summed E-state index contributed by atoms with van der Waals surface area (Å²) >= 11 is 0. The van der Waals surface area contributed by atoms with Gasteiger partial charge in [0.2, 0.25) is 29.5 Å². The normalized spacial score (nSPS) is 50.3. The Morgan fingerprint density at radius 1 is 0.325 bits per heavy atom. The third kappa shape index (κ3) is 11.8. The molecule has 0 heterocycles. The lowest BCUT2D eigenvalue weighted by Crippen LogP contribution is -2.67. The van der Waals surface area contributed by atoms with Crippen LogP contribution in [-0.4, -0.2) is 74.3 Å². The number of fused-ring (bicyclic) bond motifs is 21. The van der Waals surface area contributed by atoms with Crippen LogP contribution >= 0.6 is 0 Å². The Morgan fingerprint density at radius 2 is 0.614 bits per heavy atom. The highest BCUT2D eigenvalue weighted by Gasteiger charge is 2.77. The van der Waals surface area contributed by atoms with Gasteiger partial charge in [0.15, 0.2) is 0 Å². The van der Waals surface area contributed by atoms with Crippen LogP contribution in [0.25, 0.3) is 0 Å². The van der Waals surface area contributed by atoms with E-state index >= 15 is 24.0 Å². The summed E-state index contributed by atoms with van der Waals surface area (Å²) in [4.78, 5) is 78.8. The predicted octanol–water partition coefficient (Wildman–Crippen LogP) is 21.8. The fourth-order valence-corrected chi connectivity index (χ4v) is 37.5. The zero-order valence-electron chi connectivity index (χ0n) is 77.1. The average Bonchev–Trinajstić information content (AvgIpc) is 0.705. The van der Waals surface area contributed by atoms with Crippen LogP contribution in [0, 0.1) is 188 Å². The van der Waals surface area contributed by atoms with Gasteiger partial charge in [-0.25, -0.2) is 0 Å². The van der Waals surface area contributed by atoms with Crippen molar-refractivity contribution in [2.75, 3.05) is 26.7 Å². The number of allylic oxidation sites excluding steroid dienone is 3. The number of carbonyl (C=O) groups is 5. The van der Waals surface area contributed by atoms with E-state index in [1.807, 2.05) is 6.92 Å². The first-order valence-electron chi connectivity index (χ1n) is 48.2. The molecule has 114 heavy (non-hydrogen) atoms. The maximum atomic E-state index is 16.1. The minimum Gasteiger partial charge on any atom is -0.354 e. The molecule has 0 saturated heterocycles. The molecule has 15 aliphatic rings. The van der Waals surface area contributed by atoms with Gasteiger partial charge >= 0.3 is 0 Å². The first-order valence-corrected chi connectivity index (χ1v) is 48.2. The molecule has 33 atom stereocenters. The summed E-state index contributed by atoms with van der Waals surface area (Å²) in [6.45, 7) is 70.1. The molecule has 0 aliphatic heterocycles. The first-order chi connectivity index (χ1) is 53.1. The van der Waals surface area contributed by atoms with Gasteiger partial charge in [0.1, 0.15) is 12.1 Å². The molecule has 0 aromatic heterocycles. The third-order valence-corrected chi connectivity index (χ3v) is 45.4. The molecule has 640 valence electrons. The van der Waals surface area contributed by atoms with Crippen molar-refractivity contribution in [1.29, 1.82) is 0 Å². The molecule has 0 spiro atoms. The lowest BCUT2D eigenvalue weighted by atomic mass is 9.32. The van der Waals surface area contributed by atoms with Gasteiger partial charge in [-0.1, -0.05) is 161 Å². The molecular weight excluding hydrogens is 1400 g/mol. The quantitative estimate of drug-likeness (QED) is 0.0796. The Labute approximate surface area is 695 Å². The van der Waals surface area contributed by atoms with Crippen molar-refractivity contribution in [2.45, 2.75) is 363 Å². The second-order valence-electron chi connectivity index (χ2n) is 49.3. The number of rotatable bonds is 17. The highest BCUT2D eigenvalue weighted by molar-refractivity contribution is 5.92. The summed E-state index contributed by atoms with van der Waals surface area (Å²) in [6.07, 6.45) is 33.5. The Hall–Kier alpha value is -3.47. The summed E-state index contributed by atoms with van der Waals surface area (Å²) in [5.41, 5.74) is 4.44. The van der Waals surface area contributed by atoms with E-state index in [0.717, 1.165) is 114 Å². The Morgan fingerprint density at radius 3 is 0.912 bits per heavy atom. The highest BCUT2D eigenvalue weighted by atomic mass is 16.2. The van der Waals surface area contributed by atoms with Crippen molar-refractivity contribution in [3.8, 4) is 0 Å². The van der Waals surface area contributed by atoms with E-state index in [0.29, 0.717) is 74.4 Å². The fraction of sp³-hybridized carbons (Fsp3) is 0.893. The van der Waals surface area contributed by atoms with Crippen molar-refractivity contribution in [2.24, 2.45) is 188 Å². The smallest absolute Gasteiger partial charge is 0.244 e. The number of carbonyl (C=O) groups excluding carboxylic acids is 5. The van der Waals surface area contributed by atoms with Crippen molar-refractivity contribution < 1.29 is 24.0 Å². The summed E-state index contributed by atoms with van der Waals surface area (Å²) < 4.78 is 0. The number of hydrogen-bond acceptors (Lipinski definition) is 6. The van der Waals surface area contributed by atoms with Gasteiger partial charge in [0.05, 0.1) is 16.2 Å². The van der Waals surface area contributed by atoms with E-state index in [-0.39, 0.29) is 111 Å². The molecular formula is C103H168N6O5. The molecule has 15 saturated carbocycles. The minimum atomic E-state index is -1.15. The molecule has 33 unspecified atom stereocenters. The van der Waals surface area contributed by atoms with Crippen LogP contribution in [0.1, 0.15) is 345 Å². The van der Waals surface area contributed by atoms with Crippen LogP contribution in [0.15, 0.2) is 36.5 Å². The molecule has 5 amide bonds. The summed E-state index contributed by atoms with van der Waals surface area (Å²) in [6, 6.07) is -2.51. The van der Waals surface area contributed by atoms with E-state index < -0.39 is 46.2 Å². The van der Waals surface area contributed by atoms with Gasteiger partial charge in [0, 0.05) is 25.7 Å². The maximum Gasteiger partial charge on any atom is 0.244 e. The summed E-state index contributed by atoms with van der Waals surface area (Å²) in [5.74, 6) is 8.10. The van der Waals surface area contributed by atoms with E-state index in [4.69, 9.17) is 6.58 Å². The van der Waals surface area contributed by atoms with Gasteiger partial charge in [-0.3, -0.25) is 24.0 Å². The molecule has 0 bridgehead atoms. The highest BCUT2D eigenvalue weighted by Crippen LogP contribution is 2.83. The van der Waals surface area contributed by atoms with Gasteiger partial charge < -0.3 is 31.9 Å². The van der Waals surface area contributed by atoms with Gasteiger partial charge in [-0.2, -0.15) is 0 Å². The average molecular weight is 1570 g/mol. The molecule has 15 rings (SSSR count). The SMILES string of the molecule is C=C(C)C1CCC2(C(=O)NCC(C)NC(=O)C(CNC(=O)C34CCC(C(=C)C)C3C3CCC5C6(C)CCC(C)C(C)(C)C6CCC5(C)C3(C)CC4)NC(=O)C(CNC(=O)C34CCC(C(=C)C)C3C3CCC5C6(C)CCC(C)C(C)(C)C6CCC5(C)C3(C)CC4)NC)CCC3(C)C(CCC4C5(C)CCC(C)C(C)(C)C5CCC43C)C12. The second kappa shape index (κ2) is 28.6. The molecule has 15 fully saturated rings. The van der Waals surface area contributed by atoms with Crippen LogP contribution < -0.4 is 31.9 Å². The van der Waals surface area contributed by atoms with Crippen LogP contribution in [-0.2, 0) is 24.0 Å². The van der Waals surface area contributed by atoms with E-state index in [1.54, 1.807) is 7.05 Å². The fourth-order valence-electron chi connectivity index (χ4n) is 37.5. The molecule has 6 N–H and O–H groups in total. The van der Waals surface area contributed by atoms with Crippen molar-refractivity contribution in [3.05, 3.63) is 36.5 Å². The number of nitrogens with one attached hydrogen (secondary N) is 6. The van der Waals surface area contributed by atoms with Gasteiger partial charge in [0.25, 0.3) is 0 Å². The predicted molar refractivity (Wildman–Crippen MR) is 466 cm³/mol. The summed E-state index contributed by atoms with van der Waals surface area (Å²) in [7, 11) is 1.78. The van der Waals surface area contributed by atoms with Crippen LogP contribution in [0.3, 0.4) is 0 Å². The Bertz CT molecular complexity index is 3810. The maximum absolute atomic E-state index is 16.1. The van der Waals surface area contributed by atoms with Crippen molar-refractivity contribution >= 4 is 29.5 Å². The van der Waals surface area contributed by atoms with Crippen molar-refractivity contribution in [1.82, 2.24) is 31.9 Å². The van der Waals surface area contributed by atoms with Crippen LogP contribution in [0.2, 0.25) is 0 Å². The second-order valence-corrected chi connectivity index (χ2v) is 49.3. The zero-order valence-corrected chi connectivity index (χ0v) is 77.1. The lowest BCUT2D eigenvalue weighted by Gasteiger charge is -2.73. The standard InChI is InChI=1S/C103H168N6O5/c1-60(2)67-36-48-101(54-51-95(20)70(81(67)101)27-30-78-92(17)42-33-63(7)89(11,12)75(92)39-45-98(78,95)23)86(112)105-57-66(10)108-85(111)74(59-107-88(114)103-50-38-69(62(5)6)83(103)72-29-32-80-94(19)44-35-65(9)91(15,16)77(94)41-47-100(80,25)97(72,22)53-56-103)109-84(110)73(104-26)58-106-87(113)102-49-37-68(61(3)4)82(102)71-28-31-79-93(18)43-34-64(8)90(13,14)76(93)40-46-99(79,24)96(71,21)52-55-102/h63-83,104H,1,3,5,27-59H2,2,4,6-26H3,(H,105,112)(H,106,113)(H,107,114)(H,108,111)(H,109,110). The van der Waals surface area contributed by atoms with Gasteiger partial charge in [-0.05, 0) is 399 Å². The Balaban J connectivity index is 0.671. The van der Waals surface area contributed by atoms with E-state index in [1.165, 1.54) is 119 Å². The molecule has 0 aromatic rings. The molecule has 0 aromatic carbocycles. The largest absolute Gasteiger partial charge is 0.354 e. The van der Waals surface area contributed by atoms with E-state index in [2.05, 4.69) is 190 Å². The number of hydrogen-bond donors (Lipinski definition) is 6. The number of likely N-dealkylation sites (N-methyl/N-ethyl adjacent to an activating group) is 1. The third-order valence-electron chi connectivity index (χ3n) is 45.4. The van der Waals surface area contributed by atoms with Crippen LogP contribution in [0.5, 0.6) is 0 Å². The zero-order chi connectivity index (χ0) is 82.8. The minimum absolute atomic E-state index is 0.00644. The Kier molecular flexibility index (Phi) is 21.4. The topological polar surface area (TPSA) is 158 Å². The molecule has 0 radical (unpaired) electrons. The number of amides is 5. The lowest BCUT2D eigenvalue weighted by molar-refractivity contribution is -0.240. The van der Waals surface area contributed by atoms with Crippen LogP contribution in [0.4, 0.5) is 0 Å². The van der Waals surface area contributed by atoms with E-state index in [9.17, 15) is 0 Å². The molecule has 15 aliphatic carbocycles. The first kappa shape index (κ1) is 85.5. The summed E-state index contributed by atoms with van der Waals surface area (Å²) in [5, 5.41) is 20.4. The molecule has 11 heteroatoms. The van der Waals surface area contributed by atoms with Gasteiger partial charge in [-0.15, -0.1) is 0 Å².